The molecule has 0 saturated carbocycles. The van der Waals surface area contributed by atoms with Crippen LogP contribution in [-0.2, 0) is 12.3 Å². The maximum Gasteiger partial charge on any atom is 0.284 e. The molecule has 0 aromatic heterocycles. The lowest BCUT2D eigenvalue weighted by Gasteiger charge is -2.16. The summed E-state index contributed by atoms with van der Waals surface area (Å²) in [6, 6.07) is 2.55. The second kappa shape index (κ2) is 20.8. The quantitative estimate of drug-likeness (QED) is 0.265. The third-order valence-corrected chi connectivity index (χ3v) is 11.0. The van der Waals surface area contributed by atoms with Crippen LogP contribution in [-0.4, -0.2) is 46.1 Å². The molecule has 23 heavy (non-hydrogen) atoms. The molecule has 0 aromatic carbocycles. The molecule has 0 heterocycles. The highest BCUT2D eigenvalue weighted by Crippen LogP contribution is 2.14. The highest BCUT2D eigenvalue weighted by Gasteiger charge is 2.11. The van der Waals surface area contributed by atoms with Gasteiger partial charge in [0.25, 0.3) is 20.0 Å². The summed E-state index contributed by atoms with van der Waals surface area (Å²) >= 11 is 0. The van der Waals surface area contributed by atoms with Gasteiger partial charge in [-0.25, -0.2) is 0 Å². The summed E-state index contributed by atoms with van der Waals surface area (Å²) in [5.74, 6) is 0. The van der Waals surface area contributed by atoms with Gasteiger partial charge in [0.2, 0.25) is 0 Å². The minimum Gasteiger partial charge on any atom is -0.449 e. The maximum absolute atomic E-state index is 6.10. The fourth-order valence-corrected chi connectivity index (χ4v) is 10.3. The molecule has 0 radical (unpaired) electrons. The van der Waals surface area contributed by atoms with Crippen molar-refractivity contribution in [2.75, 3.05) is 6.54 Å². The molecule has 0 aliphatic rings. The summed E-state index contributed by atoms with van der Waals surface area (Å²) in [5.41, 5.74) is 5.64. The van der Waals surface area contributed by atoms with E-state index in [9.17, 15) is 0 Å². The Bertz CT molecular complexity index is 229. The van der Waals surface area contributed by atoms with E-state index in [0.717, 1.165) is 23.5 Å². The first-order valence-corrected chi connectivity index (χ1v) is 15.0. The monoisotopic (exact) mass is 395 g/mol. The summed E-state index contributed by atoms with van der Waals surface area (Å²) in [6.07, 6.45) is 15.2. The van der Waals surface area contributed by atoms with Crippen LogP contribution in [0.2, 0.25) is 12.1 Å². The predicted molar refractivity (Wildman–Crippen MR) is 113 cm³/mol. The first kappa shape index (κ1) is 23.7. The summed E-state index contributed by atoms with van der Waals surface area (Å²) < 4.78 is 16.8. The molecule has 0 aliphatic carbocycles. The molecule has 2 N–H and O–H groups in total. The first-order valence-electron chi connectivity index (χ1n) is 9.73. The van der Waals surface area contributed by atoms with Gasteiger partial charge in [-0.2, -0.15) is 0 Å². The molecule has 0 fully saturated rings. The summed E-state index contributed by atoms with van der Waals surface area (Å²) in [5, 5.41) is 0. The van der Waals surface area contributed by atoms with E-state index in [2.05, 4.69) is 6.92 Å². The van der Waals surface area contributed by atoms with Crippen molar-refractivity contribution < 1.29 is 12.3 Å². The van der Waals surface area contributed by atoms with Gasteiger partial charge in [-0.1, -0.05) is 71.1 Å². The van der Waals surface area contributed by atoms with Crippen LogP contribution in [0.15, 0.2) is 0 Å². The Hall–Kier alpha value is 0.708. The van der Waals surface area contributed by atoms with Crippen molar-refractivity contribution in [1.82, 2.24) is 0 Å². The van der Waals surface area contributed by atoms with Gasteiger partial charge in [0.15, 0.2) is 9.04 Å². The van der Waals surface area contributed by atoms with Gasteiger partial charge in [-0.3, -0.25) is 0 Å². The number of hydrogen-bond donors (Lipinski definition) is 1. The van der Waals surface area contributed by atoms with Gasteiger partial charge in [0, 0.05) is 0 Å². The Balaban J connectivity index is 3.46. The second-order valence-corrected chi connectivity index (χ2v) is 14.6. The van der Waals surface area contributed by atoms with Gasteiger partial charge in [0.05, 0.1) is 0 Å². The Morgan fingerprint density at radius 2 is 1.39 bits per heavy atom. The van der Waals surface area contributed by atoms with E-state index >= 15 is 0 Å². The van der Waals surface area contributed by atoms with E-state index in [1.165, 1.54) is 76.3 Å². The Labute approximate surface area is 154 Å². The van der Waals surface area contributed by atoms with Gasteiger partial charge >= 0.3 is 0 Å². The highest BCUT2D eigenvalue weighted by atomic mass is 28.4. The molecule has 1 unspecified atom stereocenters. The van der Waals surface area contributed by atoms with Crippen molar-refractivity contribution in [2.24, 2.45) is 5.73 Å². The minimum atomic E-state index is -1.04. The van der Waals surface area contributed by atoms with Crippen LogP contribution in [0.5, 0.6) is 0 Å². The number of unbranched alkanes of at least 4 members (excludes halogenated alkanes) is 9. The smallest absolute Gasteiger partial charge is 0.284 e. The molecule has 8 heteroatoms. The molecule has 0 aliphatic heterocycles. The molecular formula is C15H41NO3Si4. The van der Waals surface area contributed by atoms with Crippen molar-refractivity contribution in [3.63, 3.8) is 0 Å². The van der Waals surface area contributed by atoms with Gasteiger partial charge < -0.3 is 18.1 Å². The average molecular weight is 396 g/mol. The summed E-state index contributed by atoms with van der Waals surface area (Å²) in [4.78, 5) is 0. The fourth-order valence-electron chi connectivity index (χ4n) is 2.78. The van der Waals surface area contributed by atoms with Gasteiger partial charge in [-0.05, 0) is 25.1 Å². The maximum atomic E-state index is 6.10. The zero-order chi connectivity index (χ0) is 17.0. The topological polar surface area (TPSA) is 53.7 Å². The van der Waals surface area contributed by atoms with Gasteiger partial charge in [-0.15, -0.1) is 0 Å². The van der Waals surface area contributed by atoms with E-state index in [0.29, 0.717) is 0 Å². The lowest BCUT2D eigenvalue weighted by Crippen LogP contribution is -2.24. The number of rotatable bonds is 19. The van der Waals surface area contributed by atoms with Crippen LogP contribution in [0.1, 0.15) is 77.6 Å². The molecule has 1 atom stereocenters. The van der Waals surface area contributed by atoms with E-state index in [1.807, 2.05) is 0 Å². The molecule has 0 amide bonds. The number of nitrogens with two attached hydrogens (primary N) is 1. The molecule has 0 rings (SSSR count). The standard InChI is InChI=1S/C15H41NO3Si4/c1-2-3-4-5-6-7-8-9-10-11-14-23(15-12-13-16)19-22-18-21-17-20/h23H,2-16,21-22H2,1,20H3. The Kier molecular flexibility index (Phi) is 21.4. The molecule has 140 valence electrons. The molecular weight excluding hydrogens is 355 g/mol. The van der Waals surface area contributed by atoms with E-state index in [-0.39, 0.29) is 0 Å². The second-order valence-electron chi connectivity index (χ2n) is 6.42. The zero-order valence-electron chi connectivity index (χ0n) is 15.7. The van der Waals surface area contributed by atoms with Crippen LogP contribution < -0.4 is 5.73 Å². The van der Waals surface area contributed by atoms with Gasteiger partial charge in [0.1, 0.15) is 10.5 Å². The van der Waals surface area contributed by atoms with Crippen molar-refractivity contribution in [3.8, 4) is 0 Å². The SMILES string of the molecule is CCCCCCCCCCCC[SiH](CCCN)O[SiH2]O[SiH2]O[SiH3]. The van der Waals surface area contributed by atoms with Crippen molar-refractivity contribution in [1.29, 1.82) is 0 Å². The molecule has 0 bridgehead atoms. The lowest BCUT2D eigenvalue weighted by atomic mass is 10.1. The minimum absolute atomic E-state index is 0.686. The zero-order valence-corrected chi connectivity index (χ0v) is 21.7. The van der Waals surface area contributed by atoms with Crippen LogP contribution >= 0.6 is 0 Å². The third-order valence-electron chi connectivity index (χ3n) is 4.20. The third kappa shape index (κ3) is 18.9. The van der Waals surface area contributed by atoms with E-state index in [1.54, 1.807) is 0 Å². The van der Waals surface area contributed by atoms with E-state index in [4.69, 9.17) is 18.1 Å². The van der Waals surface area contributed by atoms with Crippen LogP contribution in [0.25, 0.3) is 0 Å². The van der Waals surface area contributed by atoms with Crippen molar-refractivity contribution >= 4 is 39.5 Å². The van der Waals surface area contributed by atoms with Crippen molar-refractivity contribution in [3.05, 3.63) is 0 Å². The molecule has 0 saturated heterocycles. The lowest BCUT2D eigenvalue weighted by molar-refractivity contribution is 0.428. The number of hydrogen-bond acceptors (Lipinski definition) is 4. The summed E-state index contributed by atoms with van der Waals surface area (Å²) in [7, 11) is -1.67. The summed E-state index contributed by atoms with van der Waals surface area (Å²) in [6.45, 7) is 3.08. The molecule has 4 nitrogen and oxygen atoms in total. The Morgan fingerprint density at radius 3 is 1.96 bits per heavy atom. The van der Waals surface area contributed by atoms with E-state index < -0.39 is 29.1 Å². The molecule has 0 aromatic rings. The highest BCUT2D eigenvalue weighted by molar-refractivity contribution is 6.58. The predicted octanol–water partition coefficient (Wildman–Crippen LogP) is 1.31. The normalized spacial score (nSPS) is 13.8. The molecule has 0 spiro atoms. The Morgan fingerprint density at radius 1 is 0.826 bits per heavy atom. The van der Waals surface area contributed by atoms with Crippen LogP contribution in [0.4, 0.5) is 0 Å². The average Bonchev–Trinajstić information content (AvgIpc) is 2.57. The largest absolute Gasteiger partial charge is 0.449 e. The van der Waals surface area contributed by atoms with Crippen LogP contribution in [0.3, 0.4) is 0 Å². The first-order chi connectivity index (χ1) is 11.3. The van der Waals surface area contributed by atoms with Crippen molar-refractivity contribution in [2.45, 2.75) is 89.6 Å². The fraction of sp³-hybridized carbons (Fsp3) is 1.00. The van der Waals surface area contributed by atoms with Crippen LogP contribution in [0, 0.1) is 0 Å².